The molecule has 5 nitrogen and oxygen atoms in total. The van der Waals surface area contributed by atoms with Gasteiger partial charge in [-0.25, -0.2) is 0 Å². The van der Waals surface area contributed by atoms with Crippen molar-refractivity contribution in [2.75, 3.05) is 13.2 Å². The fraction of sp³-hybridized carbons (Fsp3) is 0.105. The van der Waals surface area contributed by atoms with Crippen LogP contribution in [0.5, 0.6) is 0 Å². The van der Waals surface area contributed by atoms with Gasteiger partial charge in [-0.1, -0.05) is 97.1 Å². The van der Waals surface area contributed by atoms with Crippen LogP contribution in [0.15, 0.2) is 109 Å². The van der Waals surface area contributed by atoms with Crippen LogP contribution in [0.25, 0.3) is 54.2 Å². The fourth-order valence-corrected chi connectivity index (χ4v) is 6.99. The monoisotopic (exact) mass is 559 g/mol. The lowest BCUT2D eigenvalue weighted by atomic mass is 9.85. The van der Waals surface area contributed by atoms with E-state index in [1.54, 1.807) is 0 Å². The van der Waals surface area contributed by atoms with Gasteiger partial charge in [0.15, 0.2) is 6.29 Å². The molecule has 2 heterocycles. The van der Waals surface area contributed by atoms with Crippen molar-refractivity contribution < 1.29 is 19.1 Å². The quantitative estimate of drug-likeness (QED) is 0.124. The molecule has 0 aliphatic carbocycles. The molecule has 2 aliphatic heterocycles. The zero-order valence-corrected chi connectivity index (χ0v) is 23.2. The Labute approximate surface area is 247 Å². The second-order valence-electron chi connectivity index (χ2n) is 11.4. The predicted octanol–water partition coefficient (Wildman–Crippen LogP) is 8.25. The van der Waals surface area contributed by atoms with Crippen LogP contribution >= 0.6 is 0 Å². The number of benzene rings is 7. The van der Waals surface area contributed by atoms with Gasteiger partial charge in [-0.05, 0) is 66.5 Å². The van der Waals surface area contributed by atoms with E-state index in [0.717, 1.165) is 54.6 Å². The van der Waals surface area contributed by atoms with Crippen molar-refractivity contribution >= 4 is 54.9 Å². The number of hydrogen-bond acceptors (Lipinski definition) is 4. The number of fused-ring (bicyclic) bond motifs is 2. The third-order valence-electron chi connectivity index (χ3n) is 9.03. The first-order valence-electron chi connectivity index (χ1n) is 14.6. The van der Waals surface area contributed by atoms with E-state index < -0.39 is 0 Å². The standard InChI is InChI=1S/C38H25NO4/c40-36-31-17-15-29-27-5-1-3-25-4-2-6-28(33(25)27)30-16-18-32(35(31)34(29)30)37(41)39(36)21-22-7-9-23(10-8-22)24-11-13-26(14-12-24)38-42-19-20-43-38/h1-18,38H,19-21H2. The maximum Gasteiger partial charge on any atom is 0.261 e. The fourth-order valence-electron chi connectivity index (χ4n) is 6.99. The van der Waals surface area contributed by atoms with Gasteiger partial charge in [0.25, 0.3) is 11.8 Å². The molecule has 0 N–H and O–H groups in total. The van der Waals surface area contributed by atoms with E-state index in [9.17, 15) is 9.59 Å². The van der Waals surface area contributed by atoms with E-state index in [-0.39, 0.29) is 24.6 Å². The van der Waals surface area contributed by atoms with Gasteiger partial charge in [0.2, 0.25) is 0 Å². The van der Waals surface area contributed by atoms with Crippen LogP contribution in [0.1, 0.15) is 38.1 Å². The van der Waals surface area contributed by atoms with Crippen molar-refractivity contribution in [3.05, 3.63) is 131 Å². The Morgan fingerprint density at radius 1 is 0.558 bits per heavy atom. The van der Waals surface area contributed by atoms with Gasteiger partial charge in [0, 0.05) is 22.1 Å². The molecule has 2 amide bonds. The number of amides is 2. The van der Waals surface area contributed by atoms with Crippen LogP contribution < -0.4 is 0 Å². The molecule has 0 saturated carbocycles. The molecule has 7 aromatic carbocycles. The lowest BCUT2D eigenvalue weighted by Crippen LogP contribution is -2.39. The highest BCUT2D eigenvalue weighted by Gasteiger charge is 2.34. The summed E-state index contributed by atoms with van der Waals surface area (Å²) in [5, 5.41) is 8.57. The summed E-state index contributed by atoms with van der Waals surface area (Å²) in [4.78, 5) is 29.2. The first-order chi connectivity index (χ1) is 21.2. The minimum Gasteiger partial charge on any atom is -0.346 e. The highest BCUT2D eigenvalue weighted by molar-refractivity contribution is 6.38. The molecule has 0 aromatic heterocycles. The van der Waals surface area contributed by atoms with Gasteiger partial charge in [-0.3, -0.25) is 14.5 Å². The number of carbonyl (C=O) groups excluding carboxylic acids is 2. The molecule has 9 rings (SSSR count). The summed E-state index contributed by atoms with van der Waals surface area (Å²) in [6, 6.07) is 36.8. The topological polar surface area (TPSA) is 55.8 Å². The number of rotatable bonds is 4. The molecule has 2 aliphatic rings. The minimum atomic E-state index is -0.293. The average molecular weight is 560 g/mol. The molecule has 7 aromatic rings. The van der Waals surface area contributed by atoms with Crippen LogP contribution in [0, 0.1) is 0 Å². The van der Waals surface area contributed by atoms with Gasteiger partial charge in [-0.2, -0.15) is 0 Å². The molecule has 0 bridgehead atoms. The minimum absolute atomic E-state index is 0.208. The summed E-state index contributed by atoms with van der Waals surface area (Å²) in [5.41, 5.74) is 5.18. The molecular weight excluding hydrogens is 534 g/mol. The molecule has 1 fully saturated rings. The molecule has 43 heavy (non-hydrogen) atoms. The Morgan fingerprint density at radius 3 is 1.67 bits per heavy atom. The Morgan fingerprint density at radius 2 is 1.09 bits per heavy atom. The van der Waals surface area contributed by atoms with E-state index in [2.05, 4.69) is 48.5 Å². The van der Waals surface area contributed by atoms with Gasteiger partial charge < -0.3 is 9.47 Å². The van der Waals surface area contributed by atoms with E-state index >= 15 is 0 Å². The summed E-state index contributed by atoms with van der Waals surface area (Å²) < 4.78 is 11.2. The lowest BCUT2D eigenvalue weighted by Gasteiger charge is -2.28. The molecule has 0 atom stereocenters. The molecule has 0 radical (unpaired) electrons. The lowest BCUT2D eigenvalue weighted by molar-refractivity contribution is -0.0441. The van der Waals surface area contributed by atoms with Gasteiger partial charge in [-0.15, -0.1) is 0 Å². The van der Waals surface area contributed by atoms with Crippen molar-refractivity contribution in [3.63, 3.8) is 0 Å². The van der Waals surface area contributed by atoms with Crippen molar-refractivity contribution in [2.45, 2.75) is 12.8 Å². The summed E-state index contributed by atoms with van der Waals surface area (Å²) in [7, 11) is 0. The zero-order chi connectivity index (χ0) is 28.7. The van der Waals surface area contributed by atoms with E-state index in [1.165, 1.54) is 15.7 Å². The molecule has 0 spiro atoms. The maximum atomic E-state index is 13.9. The molecule has 0 unspecified atom stereocenters. The van der Waals surface area contributed by atoms with Crippen molar-refractivity contribution in [1.29, 1.82) is 0 Å². The zero-order valence-electron chi connectivity index (χ0n) is 23.2. The van der Waals surface area contributed by atoms with E-state index in [4.69, 9.17) is 9.47 Å². The molecule has 206 valence electrons. The maximum absolute atomic E-state index is 13.9. The van der Waals surface area contributed by atoms with Crippen LogP contribution in [-0.2, 0) is 16.0 Å². The summed E-state index contributed by atoms with van der Waals surface area (Å²) >= 11 is 0. The number of ether oxygens (including phenoxy) is 2. The summed E-state index contributed by atoms with van der Waals surface area (Å²) in [6.07, 6.45) is -0.293. The summed E-state index contributed by atoms with van der Waals surface area (Å²) in [6.45, 7) is 1.44. The first kappa shape index (κ1) is 24.5. The third kappa shape index (κ3) is 3.59. The van der Waals surface area contributed by atoms with Crippen LogP contribution in [-0.4, -0.2) is 29.9 Å². The molecule has 5 heteroatoms. The Bertz CT molecular complexity index is 2150. The largest absolute Gasteiger partial charge is 0.346 e. The van der Waals surface area contributed by atoms with Crippen molar-refractivity contribution in [3.8, 4) is 11.1 Å². The first-order valence-corrected chi connectivity index (χ1v) is 14.6. The average Bonchev–Trinajstić information content (AvgIpc) is 3.60. The normalized spacial score (nSPS) is 15.6. The Hall–Kier alpha value is -5.10. The Kier molecular flexibility index (Phi) is 5.24. The number of carbonyl (C=O) groups is 2. The Balaban J connectivity index is 1.07. The van der Waals surface area contributed by atoms with Gasteiger partial charge >= 0.3 is 0 Å². The molecular formula is C38H25NO4. The van der Waals surface area contributed by atoms with E-state index in [0.29, 0.717) is 24.3 Å². The van der Waals surface area contributed by atoms with Gasteiger partial charge in [0.05, 0.1) is 19.8 Å². The van der Waals surface area contributed by atoms with Crippen molar-refractivity contribution in [2.24, 2.45) is 0 Å². The predicted molar refractivity (Wildman–Crippen MR) is 168 cm³/mol. The second kappa shape index (κ2) is 9.20. The number of imide groups is 1. The second-order valence-corrected chi connectivity index (χ2v) is 11.4. The number of hydrogen-bond donors (Lipinski definition) is 0. The molecule has 1 saturated heterocycles. The SMILES string of the molecule is O=C1c2ccc3c4cccc5cccc(c6ccc(c2c36)C(=O)N1Cc1ccc(-c2ccc(C3OCCO3)cc2)cc1)c54. The smallest absolute Gasteiger partial charge is 0.261 e. The highest BCUT2D eigenvalue weighted by atomic mass is 16.7. The van der Waals surface area contributed by atoms with Crippen molar-refractivity contribution in [1.82, 2.24) is 4.90 Å². The van der Waals surface area contributed by atoms with Crippen LogP contribution in [0.2, 0.25) is 0 Å². The highest BCUT2D eigenvalue weighted by Crippen LogP contribution is 2.43. The van der Waals surface area contributed by atoms with Gasteiger partial charge in [0.1, 0.15) is 0 Å². The van der Waals surface area contributed by atoms with E-state index in [1.807, 2.05) is 60.7 Å². The van der Waals surface area contributed by atoms with Crippen LogP contribution in [0.3, 0.4) is 0 Å². The third-order valence-corrected chi connectivity index (χ3v) is 9.03. The number of nitrogens with zero attached hydrogens (tertiary/aromatic N) is 1. The van der Waals surface area contributed by atoms with Crippen LogP contribution in [0.4, 0.5) is 0 Å². The summed E-state index contributed by atoms with van der Waals surface area (Å²) in [5.74, 6) is -0.511.